The summed E-state index contributed by atoms with van der Waals surface area (Å²) in [4.78, 5) is 23.9. The van der Waals surface area contributed by atoms with Crippen LogP contribution in [0.2, 0.25) is 0 Å². The second-order valence-electron chi connectivity index (χ2n) is 8.90. The molecule has 1 amide bonds. The number of amides is 1. The lowest BCUT2D eigenvalue weighted by atomic mass is 10.1. The quantitative estimate of drug-likeness (QED) is 0.344. The number of carbonyl (C=O) groups excluding carboxylic acids is 1. The molecule has 0 spiro atoms. The molecule has 38 heavy (non-hydrogen) atoms. The predicted molar refractivity (Wildman–Crippen MR) is 136 cm³/mol. The number of hydrogen-bond acceptors (Lipinski definition) is 6. The van der Waals surface area contributed by atoms with Crippen LogP contribution in [0.15, 0.2) is 66.9 Å². The van der Waals surface area contributed by atoms with E-state index >= 15 is 0 Å². The predicted octanol–water partition coefficient (Wildman–Crippen LogP) is 4.96. The average molecular weight is 526 g/mol. The molecule has 198 valence electrons. The van der Waals surface area contributed by atoms with Crippen molar-refractivity contribution in [3.05, 3.63) is 72.4 Å². The van der Waals surface area contributed by atoms with Gasteiger partial charge in [0.25, 0.3) is 5.91 Å². The van der Waals surface area contributed by atoms with E-state index in [1.165, 1.54) is 25.3 Å². The van der Waals surface area contributed by atoms with E-state index in [-0.39, 0.29) is 22.6 Å². The summed E-state index contributed by atoms with van der Waals surface area (Å²) in [5.74, 6) is -3.38. The molecule has 8 nitrogen and oxygen atoms in total. The standard InChI is InChI=1S/C27H26F3N5O3/c1-37-25-32-21-16-19(20-11-13-23(31-17-20)34-14-6-7-15-34)10-12-22(21)35(25)27(38-2,26(28,29)30)33-24(36)18-8-4-3-5-9-18/h3-5,8-13,16-17H,6-7,14-15H2,1-2H3,(H,33,36). The minimum Gasteiger partial charge on any atom is -0.468 e. The van der Waals surface area contributed by atoms with Crippen molar-refractivity contribution < 1.29 is 27.4 Å². The van der Waals surface area contributed by atoms with Gasteiger partial charge in [-0.15, -0.1) is 0 Å². The number of imidazole rings is 1. The lowest BCUT2D eigenvalue weighted by molar-refractivity contribution is -0.317. The zero-order valence-electron chi connectivity index (χ0n) is 20.8. The highest BCUT2D eigenvalue weighted by atomic mass is 19.4. The molecule has 5 rings (SSSR count). The van der Waals surface area contributed by atoms with Gasteiger partial charge in [-0.2, -0.15) is 18.2 Å². The molecule has 2 aromatic heterocycles. The molecule has 11 heteroatoms. The van der Waals surface area contributed by atoms with Crippen molar-refractivity contribution in [2.45, 2.75) is 24.9 Å². The van der Waals surface area contributed by atoms with E-state index in [2.05, 4.69) is 14.9 Å². The maximum atomic E-state index is 14.7. The summed E-state index contributed by atoms with van der Waals surface area (Å²) in [6, 6.07) is 15.9. The van der Waals surface area contributed by atoms with Gasteiger partial charge < -0.3 is 14.4 Å². The fourth-order valence-electron chi connectivity index (χ4n) is 4.70. The first-order chi connectivity index (χ1) is 18.3. The van der Waals surface area contributed by atoms with Gasteiger partial charge >= 0.3 is 18.0 Å². The van der Waals surface area contributed by atoms with Gasteiger partial charge in [0.05, 0.1) is 18.1 Å². The minimum absolute atomic E-state index is 0.0359. The summed E-state index contributed by atoms with van der Waals surface area (Å²) in [7, 11) is 2.07. The van der Waals surface area contributed by atoms with E-state index < -0.39 is 17.9 Å². The van der Waals surface area contributed by atoms with E-state index in [0.717, 1.165) is 44.4 Å². The molecule has 3 heterocycles. The molecule has 1 atom stereocenters. The van der Waals surface area contributed by atoms with E-state index in [9.17, 15) is 18.0 Å². The summed E-state index contributed by atoms with van der Waals surface area (Å²) >= 11 is 0. The Bertz CT molecular complexity index is 1430. The Balaban J connectivity index is 1.57. The van der Waals surface area contributed by atoms with E-state index in [1.54, 1.807) is 36.5 Å². The third kappa shape index (κ3) is 4.43. The highest BCUT2D eigenvalue weighted by Gasteiger charge is 2.61. The second kappa shape index (κ2) is 9.97. The largest absolute Gasteiger partial charge is 0.468 e. The zero-order valence-corrected chi connectivity index (χ0v) is 20.8. The van der Waals surface area contributed by atoms with Crippen molar-refractivity contribution >= 4 is 22.8 Å². The zero-order chi connectivity index (χ0) is 26.9. The number of ether oxygens (including phenoxy) is 2. The van der Waals surface area contributed by atoms with E-state index in [4.69, 9.17) is 9.47 Å². The van der Waals surface area contributed by atoms with Crippen molar-refractivity contribution in [3.63, 3.8) is 0 Å². The number of fused-ring (bicyclic) bond motifs is 1. The van der Waals surface area contributed by atoms with E-state index in [1.807, 2.05) is 17.4 Å². The molecule has 0 aliphatic carbocycles. The number of anilines is 1. The molecule has 1 saturated heterocycles. The number of hydrogen-bond donors (Lipinski definition) is 1. The van der Waals surface area contributed by atoms with Crippen LogP contribution in [0, 0.1) is 0 Å². The van der Waals surface area contributed by atoms with Crippen LogP contribution in [0.5, 0.6) is 6.01 Å². The van der Waals surface area contributed by atoms with Crippen molar-refractivity contribution in [2.75, 3.05) is 32.2 Å². The first kappa shape index (κ1) is 25.5. The van der Waals surface area contributed by atoms with Gasteiger partial charge in [-0.25, -0.2) is 9.55 Å². The molecule has 1 aliphatic rings. The summed E-state index contributed by atoms with van der Waals surface area (Å²) in [6.45, 7) is 1.94. The molecular weight excluding hydrogens is 499 g/mol. The van der Waals surface area contributed by atoms with Gasteiger partial charge in [0, 0.05) is 37.5 Å². The number of alkyl halides is 3. The van der Waals surface area contributed by atoms with Crippen LogP contribution in [-0.2, 0) is 10.6 Å². The first-order valence-electron chi connectivity index (χ1n) is 12.0. The first-order valence-corrected chi connectivity index (χ1v) is 12.0. The Hall–Kier alpha value is -4.12. The SMILES string of the molecule is COc1nc2cc(-c3ccc(N4CCCC4)nc3)ccc2n1C(NC(=O)c1ccccc1)(OC)C(F)(F)F. The highest BCUT2D eigenvalue weighted by molar-refractivity contribution is 5.94. The number of benzene rings is 2. The van der Waals surface area contributed by atoms with Crippen LogP contribution < -0.4 is 15.0 Å². The molecule has 1 N–H and O–H groups in total. The van der Waals surface area contributed by atoms with Gasteiger partial charge in [-0.3, -0.25) is 10.1 Å². The van der Waals surface area contributed by atoms with Crippen LogP contribution in [-0.4, -0.2) is 53.9 Å². The van der Waals surface area contributed by atoms with Crippen molar-refractivity contribution in [2.24, 2.45) is 0 Å². The Morgan fingerprint density at radius 3 is 2.29 bits per heavy atom. The van der Waals surface area contributed by atoms with Crippen molar-refractivity contribution in [1.82, 2.24) is 19.9 Å². The lowest BCUT2D eigenvalue weighted by Crippen LogP contribution is -2.61. The van der Waals surface area contributed by atoms with Crippen LogP contribution in [0.4, 0.5) is 19.0 Å². The number of nitrogens with one attached hydrogen (secondary N) is 1. The molecule has 2 aromatic carbocycles. The summed E-state index contributed by atoms with van der Waals surface area (Å²) in [5.41, 5.74) is 1.82. The maximum absolute atomic E-state index is 14.7. The molecule has 0 bridgehead atoms. The number of aromatic nitrogens is 3. The monoisotopic (exact) mass is 525 g/mol. The number of pyridine rings is 1. The third-order valence-electron chi connectivity index (χ3n) is 6.63. The Morgan fingerprint density at radius 2 is 1.68 bits per heavy atom. The molecule has 0 radical (unpaired) electrons. The molecule has 1 aliphatic heterocycles. The Labute approximate surface area is 217 Å². The normalized spacial score (nSPS) is 15.4. The summed E-state index contributed by atoms with van der Waals surface area (Å²) in [6.07, 6.45) is -1.08. The maximum Gasteiger partial charge on any atom is 0.459 e. The van der Waals surface area contributed by atoms with E-state index in [0.29, 0.717) is 10.1 Å². The average Bonchev–Trinajstić information content (AvgIpc) is 3.60. The fourth-order valence-corrected chi connectivity index (χ4v) is 4.70. The molecular formula is C27H26F3N5O3. The van der Waals surface area contributed by atoms with Gasteiger partial charge in [0.15, 0.2) is 0 Å². The fraction of sp³-hybridized carbons (Fsp3) is 0.296. The third-order valence-corrected chi connectivity index (χ3v) is 6.63. The van der Waals surface area contributed by atoms with Gasteiger partial charge in [-0.1, -0.05) is 24.3 Å². The molecule has 0 saturated carbocycles. The number of halogens is 3. The van der Waals surface area contributed by atoms with Crippen LogP contribution in [0.25, 0.3) is 22.2 Å². The van der Waals surface area contributed by atoms with Gasteiger partial charge in [0.2, 0.25) is 0 Å². The smallest absolute Gasteiger partial charge is 0.459 e. The second-order valence-corrected chi connectivity index (χ2v) is 8.90. The number of rotatable bonds is 7. The summed E-state index contributed by atoms with van der Waals surface area (Å²) < 4.78 is 55.1. The van der Waals surface area contributed by atoms with Crippen molar-refractivity contribution in [3.8, 4) is 17.1 Å². The topological polar surface area (TPSA) is 81.5 Å². The van der Waals surface area contributed by atoms with Crippen LogP contribution in [0.3, 0.4) is 0 Å². The highest BCUT2D eigenvalue weighted by Crippen LogP contribution is 2.41. The minimum atomic E-state index is -5.08. The van der Waals surface area contributed by atoms with Crippen LogP contribution in [0.1, 0.15) is 23.2 Å². The lowest BCUT2D eigenvalue weighted by Gasteiger charge is -2.36. The number of methoxy groups -OCH3 is 2. The Morgan fingerprint density at radius 1 is 0.974 bits per heavy atom. The Kier molecular flexibility index (Phi) is 6.70. The number of nitrogens with zero attached hydrogens (tertiary/aromatic N) is 4. The molecule has 4 aromatic rings. The summed E-state index contributed by atoms with van der Waals surface area (Å²) in [5, 5.41) is 2.03. The van der Waals surface area contributed by atoms with Gasteiger partial charge in [0.1, 0.15) is 5.82 Å². The van der Waals surface area contributed by atoms with Crippen molar-refractivity contribution in [1.29, 1.82) is 0 Å². The number of carbonyl (C=O) groups is 1. The molecule has 1 fully saturated rings. The molecule has 1 unspecified atom stereocenters. The van der Waals surface area contributed by atoms with Crippen LogP contribution >= 0.6 is 0 Å². The van der Waals surface area contributed by atoms with Gasteiger partial charge in [-0.05, 0) is 54.8 Å².